The Morgan fingerprint density at radius 1 is 0.919 bits per heavy atom. The van der Waals surface area contributed by atoms with Crippen LogP contribution in [0.1, 0.15) is 31.8 Å². The first kappa shape index (κ1) is 28.2. The molecule has 0 spiro atoms. The lowest BCUT2D eigenvalue weighted by atomic mass is 9.98. The molecule has 3 rings (SSSR count). The van der Waals surface area contributed by atoms with Gasteiger partial charge in [0.2, 0.25) is 0 Å². The van der Waals surface area contributed by atoms with Gasteiger partial charge in [0.15, 0.2) is 0 Å². The van der Waals surface area contributed by atoms with Crippen LogP contribution in [0.2, 0.25) is 10.0 Å². The molecule has 0 bridgehead atoms. The number of carbonyl (C=O) groups excluding carboxylic acids is 1. The van der Waals surface area contributed by atoms with E-state index in [1.54, 1.807) is 38.5 Å². The van der Waals surface area contributed by atoms with Crippen LogP contribution in [-0.4, -0.2) is 48.3 Å². The highest BCUT2D eigenvalue weighted by atomic mass is 35.5. The summed E-state index contributed by atoms with van der Waals surface area (Å²) in [5, 5.41) is 20.8. The van der Waals surface area contributed by atoms with Crippen molar-refractivity contribution in [3.63, 3.8) is 0 Å². The molecule has 0 aromatic heterocycles. The minimum atomic E-state index is -1.30. The van der Waals surface area contributed by atoms with Gasteiger partial charge in [-0.1, -0.05) is 47.5 Å². The van der Waals surface area contributed by atoms with Crippen LogP contribution in [0.15, 0.2) is 48.5 Å². The first-order valence-electron chi connectivity index (χ1n) is 10.8. The zero-order chi connectivity index (χ0) is 27.3. The number of carboxylic acids is 2. The molecule has 0 saturated heterocycles. The first-order valence-corrected chi connectivity index (χ1v) is 12.2. The van der Waals surface area contributed by atoms with Crippen LogP contribution in [0.4, 0.5) is 0 Å². The number of carbonyl (C=O) groups is 3. The molecule has 194 valence electrons. The third kappa shape index (κ3) is 6.49. The van der Waals surface area contributed by atoms with Crippen molar-refractivity contribution in [3.05, 3.63) is 80.8 Å². The molecule has 3 N–H and O–H groups in total. The van der Waals surface area contributed by atoms with Gasteiger partial charge in [0.1, 0.15) is 17.5 Å². The molecule has 11 heteroatoms. The van der Waals surface area contributed by atoms with E-state index < -0.39 is 23.9 Å². The molecule has 1 amide bonds. The molecule has 3 aromatic carbocycles. The fraction of sp³-hybridized carbons (Fsp3) is 0.192. The third-order valence-corrected chi connectivity index (χ3v) is 6.51. The van der Waals surface area contributed by atoms with Gasteiger partial charge in [-0.2, -0.15) is 12.6 Å². The van der Waals surface area contributed by atoms with Gasteiger partial charge in [-0.3, -0.25) is 4.79 Å². The van der Waals surface area contributed by atoms with E-state index in [-0.39, 0.29) is 27.6 Å². The summed E-state index contributed by atoms with van der Waals surface area (Å²) in [4.78, 5) is 35.8. The van der Waals surface area contributed by atoms with Gasteiger partial charge in [0.25, 0.3) is 5.91 Å². The summed E-state index contributed by atoms with van der Waals surface area (Å²) in [6.07, 6.45) is -0.0311. The number of ether oxygens (including phenoxy) is 2. The van der Waals surface area contributed by atoms with Crippen molar-refractivity contribution >= 4 is 53.7 Å². The van der Waals surface area contributed by atoms with Crippen LogP contribution < -0.4 is 14.8 Å². The summed E-state index contributed by atoms with van der Waals surface area (Å²) in [5.41, 5.74) is 2.68. The average molecular weight is 564 g/mol. The number of halogens is 2. The predicted octanol–water partition coefficient (Wildman–Crippen LogP) is 5.23. The van der Waals surface area contributed by atoms with E-state index in [4.69, 9.17) is 37.8 Å². The maximum atomic E-state index is 12.8. The van der Waals surface area contributed by atoms with Crippen molar-refractivity contribution in [2.45, 2.75) is 18.2 Å². The van der Waals surface area contributed by atoms with Crippen molar-refractivity contribution in [1.82, 2.24) is 5.32 Å². The van der Waals surface area contributed by atoms with Crippen LogP contribution >= 0.6 is 35.8 Å². The molecular formula is C26H23Cl2NO7S. The Hall–Kier alpha value is -3.40. The van der Waals surface area contributed by atoms with Crippen LogP contribution in [-0.2, 0) is 17.0 Å². The highest BCUT2D eigenvalue weighted by Gasteiger charge is 2.25. The SMILES string of the molecule is COc1cc(CS)cc(OC)c1-c1ccc(C[C@H](NC(=O)c2c(Cl)cc(C(=O)O)cc2Cl)C(=O)O)cc1. The number of aliphatic carboxylic acids is 1. The second kappa shape index (κ2) is 12.2. The molecular weight excluding hydrogens is 541 g/mol. The monoisotopic (exact) mass is 563 g/mol. The summed E-state index contributed by atoms with van der Waals surface area (Å²) < 4.78 is 11.1. The molecule has 0 radical (unpaired) electrons. The minimum Gasteiger partial charge on any atom is -0.496 e. The van der Waals surface area contributed by atoms with Crippen LogP contribution in [0.25, 0.3) is 11.1 Å². The summed E-state index contributed by atoms with van der Waals surface area (Å²) in [5.74, 6) is -1.65. The number of carboxylic acid groups (broad SMARTS) is 2. The molecule has 0 saturated carbocycles. The fourth-order valence-electron chi connectivity index (χ4n) is 3.73. The quantitative estimate of drug-likeness (QED) is 0.249. The van der Waals surface area contributed by atoms with E-state index in [9.17, 15) is 19.5 Å². The topological polar surface area (TPSA) is 122 Å². The van der Waals surface area contributed by atoms with Crippen molar-refractivity contribution in [2.75, 3.05) is 14.2 Å². The number of thiol groups is 1. The molecule has 8 nitrogen and oxygen atoms in total. The number of amides is 1. The van der Waals surface area contributed by atoms with Gasteiger partial charge < -0.3 is 25.0 Å². The van der Waals surface area contributed by atoms with E-state index in [2.05, 4.69) is 17.9 Å². The lowest BCUT2D eigenvalue weighted by Crippen LogP contribution is -2.42. The van der Waals surface area contributed by atoms with E-state index in [0.29, 0.717) is 22.8 Å². The second-order valence-electron chi connectivity index (χ2n) is 7.92. The Bertz CT molecular complexity index is 1300. The normalized spacial score (nSPS) is 11.5. The Labute approximate surface area is 228 Å². The number of benzene rings is 3. The average Bonchev–Trinajstić information content (AvgIpc) is 2.87. The molecule has 1 atom stereocenters. The summed E-state index contributed by atoms with van der Waals surface area (Å²) in [7, 11) is 3.12. The van der Waals surface area contributed by atoms with E-state index in [1.807, 2.05) is 12.1 Å². The van der Waals surface area contributed by atoms with Crippen LogP contribution in [0.3, 0.4) is 0 Å². The van der Waals surface area contributed by atoms with Gasteiger partial charge in [-0.15, -0.1) is 0 Å². The zero-order valence-electron chi connectivity index (χ0n) is 19.7. The second-order valence-corrected chi connectivity index (χ2v) is 9.05. The van der Waals surface area contributed by atoms with Crippen LogP contribution in [0.5, 0.6) is 11.5 Å². The summed E-state index contributed by atoms with van der Waals surface area (Å²) >= 11 is 16.4. The Morgan fingerprint density at radius 3 is 1.89 bits per heavy atom. The zero-order valence-corrected chi connectivity index (χ0v) is 22.2. The van der Waals surface area contributed by atoms with E-state index in [0.717, 1.165) is 28.8 Å². The molecule has 0 fully saturated rings. The van der Waals surface area contributed by atoms with Crippen molar-refractivity contribution in [2.24, 2.45) is 0 Å². The molecule has 3 aromatic rings. The Balaban J connectivity index is 1.84. The van der Waals surface area contributed by atoms with Crippen molar-refractivity contribution in [3.8, 4) is 22.6 Å². The number of hydrogen-bond donors (Lipinski definition) is 4. The summed E-state index contributed by atoms with van der Waals surface area (Å²) in [6.45, 7) is 0. The molecule has 0 unspecified atom stereocenters. The van der Waals surface area contributed by atoms with E-state index in [1.165, 1.54) is 0 Å². The highest BCUT2D eigenvalue weighted by molar-refractivity contribution is 7.79. The number of nitrogens with one attached hydrogen (secondary N) is 1. The van der Waals surface area contributed by atoms with Gasteiger partial charge in [0.05, 0.1) is 41.0 Å². The largest absolute Gasteiger partial charge is 0.496 e. The number of methoxy groups -OCH3 is 2. The molecule has 0 aliphatic heterocycles. The molecule has 37 heavy (non-hydrogen) atoms. The summed E-state index contributed by atoms with van der Waals surface area (Å²) in [6, 6.07) is 11.7. The number of rotatable bonds is 10. The molecule has 0 heterocycles. The Kier molecular flexibility index (Phi) is 9.31. The van der Waals surface area contributed by atoms with Gasteiger partial charge >= 0.3 is 11.9 Å². The lowest BCUT2D eigenvalue weighted by Gasteiger charge is -2.17. The van der Waals surface area contributed by atoms with Gasteiger partial charge in [-0.05, 0) is 41.0 Å². The first-order chi connectivity index (χ1) is 17.6. The van der Waals surface area contributed by atoms with Crippen molar-refractivity contribution in [1.29, 1.82) is 0 Å². The van der Waals surface area contributed by atoms with Crippen LogP contribution in [0, 0.1) is 0 Å². The third-order valence-electron chi connectivity index (χ3n) is 5.55. The molecule has 0 aliphatic rings. The van der Waals surface area contributed by atoms with E-state index >= 15 is 0 Å². The van der Waals surface area contributed by atoms with Crippen molar-refractivity contribution < 1.29 is 34.1 Å². The number of hydrogen-bond acceptors (Lipinski definition) is 6. The van der Waals surface area contributed by atoms with Gasteiger partial charge in [-0.25, -0.2) is 9.59 Å². The minimum absolute atomic E-state index is 0.0311. The fourth-order valence-corrected chi connectivity index (χ4v) is 4.57. The molecule has 0 aliphatic carbocycles. The highest BCUT2D eigenvalue weighted by Crippen LogP contribution is 2.40. The maximum Gasteiger partial charge on any atom is 0.335 e. The van der Waals surface area contributed by atoms with Gasteiger partial charge in [0, 0.05) is 12.2 Å². The Morgan fingerprint density at radius 2 is 1.46 bits per heavy atom. The standard InChI is InChI=1S/C26H23Cl2NO7S/c1-35-20-8-14(12-37)9-21(36-2)22(20)15-5-3-13(4-6-15)7-19(26(33)34)29-24(30)23-17(27)10-16(25(31)32)11-18(23)28/h3-6,8-11,19,37H,7,12H2,1-2H3,(H,29,30)(H,31,32)(H,33,34)/t19-/m0/s1. The number of aromatic carboxylic acids is 1. The smallest absolute Gasteiger partial charge is 0.335 e. The lowest BCUT2D eigenvalue weighted by molar-refractivity contribution is -0.139. The predicted molar refractivity (Wildman–Crippen MR) is 144 cm³/mol. The maximum absolute atomic E-state index is 12.8.